The molecule has 2 rings (SSSR count). The molecule has 0 saturated carbocycles. The van der Waals surface area contributed by atoms with E-state index >= 15 is 0 Å². The van der Waals surface area contributed by atoms with Crippen molar-refractivity contribution in [3.63, 3.8) is 0 Å². The van der Waals surface area contributed by atoms with Gasteiger partial charge in [0.05, 0.1) is 18.1 Å². The van der Waals surface area contributed by atoms with Crippen molar-refractivity contribution in [3.05, 3.63) is 30.2 Å². The first-order valence-electron chi connectivity index (χ1n) is 3.29. The van der Waals surface area contributed by atoms with E-state index in [1.807, 2.05) is 19.3 Å². The Hall–Kier alpha value is -1.58. The summed E-state index contributed by atoms with van der Waals surface area (Å²) in [7, 11) is 1.87. The highest BCUT2D eigenvalue weighted by molar-refractivity contribution is 6.09. The van der Waals surface area contributed by atoms with E-state index in [1.165, 1.54) is 0 Å². The van der Waals surface area contributed by atoms with E-state index in [1.54, 1.807) is 17.1 Å². The van der Waals surface area contributed by atoms with E-state index in [-0.39, 0.29) is 0 Å². The van der Waals surface area contributed by atoms with Crippen LogP contribution in [-0.2, 0) is 7.05 Å². The molecule has 0 amide bonds. The highest BCUT2D eigenvalue weighted by Crippen LogP contribution is 2.03. The van der Waals surface area contributed by atoms with Crippen molar-refractivity contribution in [1.29, 1.82) is 0 Å². The first-order chi connectivity index (χ1) is 5.36. The van der Waals surface area contributed by atoms with Gasteiger partial charge in [-0.05, 0) is 6.08 Å². The lowest BCUT2D eigenvalue weighted by Crippen LogP contribution is -1.91. The van der Waals surface area contributed by atoms with E-state index in [2.05, 4.69) is 15.6 Å². The molecule has 11 heavy (non-hydrogen) atoms. The van der Waals surface area contributed by atoms with Crippen molar-refractivity contribution >= 4 is 5.71 Å². The lowest BCUT2D eigenvalue weighted by atomic mass is 10.2. The molecule has 0 unspecified atom stereocenters. The second kappa shape index (κ2) is 2.23. The molecular weight excluding hydrogens is 140 g/mol. The van der Waals surface area contributed by atoms with Crippen LogP contribution in [0.2, 0.25) is 0 Å². The third-order valence-corrected chi connectivity index (χ3v) is 1.47. The molecule has 4 nitrogen and oxygen atoms in total. The van der Waals surface area contributed by atoms with Gasteiger partial charge >= 0.3 is 0 Å². The minimum atomic E-state index is 0.873. The van der Waals surface area contributed by atoms with Crippen LogP contribution in [0.4, 0.5) is 0 Å². The summed E-state index contributed by atoms with van der Waals surface area (Å²) in [5, 5.41) is 7.92. The monoisotopic (exact) mass is 147 g/mol. The molecule has 2 heterocycles. The maximum Gasteiger partial charge on any atom is 0.0976 e. The lowest BCUT2D eigenvalue weighted by molar-refractivity contribution is 0.767. The highest BCUT2D eigenvalue weighted by atomic mass is 15.3. The largest absolute Gasteiger partial charge is 0.275 e. The summed E-state index contributed by atoms with van der Waals surface area (Å²) < 4.78 is 1.74. The average molecular weight is 147 g/mol. The molecule has 1 aliphatic heterocycles. The van der Waals surface area contributed by atoms with Crippen LogP contribution >= 0.6 is 0 Å². The maximum atomic E-state index is 4.02. The average Bonchev–Trinajstić information content (AvgIpc) is 2.55. The number of rotatable bonds is 1. The molecule has 1 aromatic rings. The Kier molecular flexibility index (Phi) is 1.25. The quantitative estimate of drug-likeness (QED) is 0.561. The number of allylic oxidation sites excluding steroid dienone is 1. The zero-order valence-corrected chi connectivity index (χ0v) is 6.10. The SMILES string of the molecule is Cn1cc(C2=N[N]C=C2)cn1. The fraction of sp³-hybridized carbons (Fsp3) is 0.143. The smallest absolute Gasteiger partial charge is 0.0976 e. The van der Waals surface area contributed by atoms with Gasteiger partial charge in [-0.25, -0.2) is 0 Å². The fourth-order valence-electron chi connectivity index (χ4n) is 0.940. The van der Waals surface area contributed by atoms with Crippen LogP contribution in [0, 0.1) is 0 Å². The van der Waals surface area contributed by atoms with E-state index in [9.17, 15) is 0 Å². The van der Waals surface area contributed by atoms with Crippen LogP contribution in [0.5, 0.6) is 0 Å². The predicted octanol–water partition coefficient (Wildman–Crippen LogP) is 0.256. The van der Waals surface area contributed by atoms with Gasteiger partial charge in [0.1, 0.15) is 0 Å². The zero-order valence-electron chi connectivity index (χ0n) is 6.10. The van der Waals surface area contributed by atoms with E-state index in [0.29, 0.717) is 0 Å². The van der Waals surface area contributed by atoms with Gasteiger partial charge in [-0.3, -0.25) is 4.68 Å². The highest BCUT2D eigenvalue weighted by Gasteiger charge is 2.05. The van der Waals surface area contributed by atoms with Gasteiger partial charge in [-0.15, -0.1) is 0 Å². The summed E-state index contributed by atoms with van der Waals surface area (Å²) in [4.78, 5) is 0. The molecule has 0 atom stereocenters. The predicted molar refractivity (Wildman–Crippen MR) is 41.0 cm³/mol. The number of aromatic nitrogens is 2. The van der Waals surface area contributed by atoms with Crippen molar-refractivity contribution in [3.8, 4) is 0 Å². The van der Waals surface area contributed by atoms with Crippen LogP contribution in [0.1, 0.15) is 5.56 Å². The Bertz CT molecular complexity index is 321. The third-order valence-electron chi connectivity index (χ3n) is 1.47. The summed E-state index contributed by atoms with van der Waals surface area (Å²) >= 11 is 0. The zero-order chi connectivity index (χ0) is 7.68. The lowest BCUT2D eigenvalue weighted by Gasteiger charge is -1.86. The van der Waals surface area contributed by atoms with E-state index in [0.717, 1.165) is 11.3 Å². The molecule has 0 bridgehead atoms. The molecule has 0 saturated heterocycles. The van der Waals surface area contributed by atoms with Crippen LogP contribution in [0.3, 0.4) is 0 Å². The van der Waals surface area contributed by atoms with Crippen LogP contribution < -0.4 is 5.43 Å². The Labute approximate surface area is 64.2 Å². The standard InChI is InChI=1S/C7H7N4/c1-11-5-6(4-9-11)7-2-3-8-10-7/h2-5H,1H3. The number of hydrogen-bond donors (Lipinski definition) is 0. The van der Waals surface area contributed by atoms with Gasteiger partial charge in [0.15, 0.2) is 0 Å². The molecule has 55 valence electrons. The molecule has 1 aromatic heterocycles. The van der Waals surface area contributed by atoms with Crippen LogP contribution in [-0.4, -0.2) is 15.5 Å². The number of aryl methyl sites for hydroxylation is 1. The van der Waals surface area contributed by atoms with E-state index < -0.39 is 0 Å². The number of hydrogen-bond acceptors (Lipinski definition) is 2. The van der Waals surface area contributed by atoms with Crippen molar-refractivity contribution in [2.75, 3.05) is 0 Å². The Morgan fingerprint density at radius 2 is 2.36 bits per heavy atom. The molecule has 0 spiro atoms. The molecule has 4 heteroatoms. The van der Waals surface area contributed by atoms with Gasteiger partial charge < -0.3 is 0 Å². The van der Waals surface area contributed by atoms with Gasteiger partial charge in [0.25, 0.3) is 0 Å². The second-order valence-corrected chi connectivity index (χ2v) is 2.32. The Balaban J connectivity index is 2.36. The van der Waals surface area contributed by atoms with Crippen molar-refractivity contribution < 1.29 is 0 Å². The third kappa shape index (κ3) is 1.02. The van der Waals surface area contributed by atoms with Gasteiger partial charge in [0.2, 0.25) is 0 Å². The molecule has 0 aromatic carbocycles. The molecule has 0 fully saturated rings. The van der Waals surface area contributed by atoms with Crippen LogP contribution in [0.15, 0.2) is 29.8 Å². The molecular formula is C7H7N4. The summed E-state index contributed by atoms with van der Waals surface area (Å²) in [5.41, 5.74) is 5.60. The molecule has 0 N–H and O–H groups in total. The number of nitrogens with zero attached hydrogens (tertiary/aromatic N) is 4. The van der Waals surface area contributed by atoms with Crippen LogP contribution in [0.25, 0.3) is 0 Å². The Morgan fingerprint density at radius 1 is 1.45 bits per heavy atom. The summed E-state index contributed by atoms with van der Waals surface area (Å²) in [6.07, 6.45) is 7.20. The summed E-state index contributed by atoms with van der Waals surface area (Å²) in [6, 6.07) is 0. The minimum Gasteiger partial charge on any atom is -0.275 e. The molecule has 0 aliphatic carbocycles. The first-order valence-corrected chi connectivity index (χ1v) is 3.29. The van der Waals surface area contributed by atoms with Crippen molar-refractivity contribution in [2.45, 2.75) is 0 Å². The van der Waals surface area contributed by atoms with Gasteiger partial charge in [0, 0.05) is 18.8 Å². The van der Waals surface area contributed by atoms with E-state index in [4.69, 9.17) is 0 Å². The van der Waals surface area contributed by atoms with Gasteiger partial charge in [-0.2, -0.15) is 15.6 Å². The van der Waals surface area contributed by atoms with Crippen molar-refractivity contribution in [1.82, 2.24) is 15.2 Å². The maximum absolute atomic E-state index is 4.02. The minimum absolute atomic E-state index is 0.873. The van der Waals surface area contributed by atoms with Crippen molar-refractivity contribution in [2.24, 2.45) is 12.1 Å². The Morgan fingerprint density at radius 3 is 2.91 bits per heavy atom. The first kappa shape index (κ1) is 6.15. The summed E-state index contributed by atoms with van der Waals surface area (Å²) in [6.45, 7) is 0. The molecule has 1 radical (unpaired) electrons. The summed E-state index contributed by atoms with van der Waals surface area (Å²) in [5.74, 6) is 0. The normalized spacial score (nSPS) is 14.8. The molecule has 1 aliphatic rings. The fourth-order valence-corrected chi connectivity index (χ4v) is 0.940. The topological polar surface area (TPSA) is 44.3 Å². The second-order valence-electron chi connectivity index (χ2n) is 2.32. The van der Waals surface area contributed by atoms with Gasteiger partial charge in [-0.1, -0.05) is 0 Å².